The van der Waals surface area contributed by atoms with E-state index < -0.39 is 0 Å². The van der Waals surface area contributed by atoms with Crippen LogP contribution >= 0.6 is 0 Å². The summed E-state index contributed by atoms with van der Waals surface area (Å²) in [4.78, 5) is 2.33. The zero-order valence-corrected chi connectivity index (χ0v) is 24.1. The maximum absolute atomic E-state index is 5.59. The van der Waals surface area contributed by atoms with Gasteiger partial charge >= 0.3 is 0 Å². The Morgan fingerprint density at radius 3 is 1.18 bits per heavy atom. The molecule has 9 heteroatoms. The van der Waals surface area contributed by atoms with Gasteiger partial charge in [-0.2, -0.15) is 0 Å². The average molecular weight is 542 g/mol. The first-order valence-electron chi connectivity index (χ1n) is 12.5. The molecule has 0 aliphatic heterocycles. The van der Waals surface area contributed by atoms with Crippen LogP contribution in [-0.2, 0) is 19.5 Å². The second-order valence-corrected chi connectivity index (χ2v) is 8.72. The molecule has 0 saturated heterocycles. The Kier molecular flexibility index (Phi) is 10.8. The number of benzene rings is 3. The van der Waals surface area contributed by atoms with Gasteiger partial charge in [-0.1, -0.05) is 6.07 Å². The van der Waals surface area contributed by atoms with Crippen molar-refractivity contribution in [1.82, 2.24) is 4.90 Å². The number of methoxy groups -OCH3 is 8. The van der Waals surface area contributed by atoms with E-state index >= 15 is 0 Å². The molecule has 0 bridgehead atoms. The monoisotopic (exact) mass is 541 g/mol. The fraction of sp³-hybridized carbons (Fsp3) is 0.400. The van der Waals surface area contributed by atoms with E-state index in [2.05, 4.69) is 11.0 Å². The van der Waals surface area contributed by atoms with Gasteiger partial charge in [-0.05, 0) is 59.5 Å². The molecule has 3 aromatic rings. The highest BCUT2D eigenvalue weighted by Crippen LogP contribution is 2.40. The molecule has 3 rings (SSSR count). The Morgan fingerprint density at radius 2 is 0.821 bits per heavy atom. The first-order valence-corrected chi connectivity index (χ1v) is 12.5. The van der Waals surface area contributed by atoms with Crippen LogP contribution in [0.4, 0.5) is 0 Å². The normalized spacial score (nSPS) is 10.7. The van der Waals surface area contributed by atoms with Crippen molar-refractivity contribution in [3.8, 4) is 46.0 Å². The number of hydrogen-bond donors (Lipinski definition) is 0. The molecule has 39 heavy (non-hydrogen) atoms. The third-order valence-electron chi connectivity index (χ3n) is 6.43. The minimum atomic E-state index is 0.560. The fourth-order valence-corrected chi connectivity index (χ4v) is 4.51. The fourth-order valence-electron chi connectivity index (χ4n) is 4.51. The molecule has 0 aliphatic rings. The Labute approximate surface area is 231 Å². The summed E-state index contributed by atoms with van der Waals surface area (Å²) in [5, 5.41) is 0. The SMILES string of the molecule is COc1ccc(CCN(Cc2cc(OC)c(OC)c(OC)c2)Cc2cc(OC)c(OC)c(OC)c2)cc1OC. The molecule has 0 saturated carbocycles. The lowest BCUT2D eigenvalue weighted by Crippen LogP contribution is -2.25. The molecule has 0 spiro atoms. The number of rotatable bonds is 15. The quantitative estimate of drug-likeness (QED) is 0.264. The minimum absolute atomic E-state index is 0.560. The largest absolute Gasteiger partial charge is 0.493 e. The summed E-state index contributed by atoms with van der Waals surface area (Å²) < 4.78 is 44.3. The van der Waals surface area contributed by atoms with Crippen molar-refractivity contribution in [3.05, 3.63) is 59.2 Å². The molecule has 0 aromatic heterocycles. The van der Waals surface area contributed by atoms with Gasteiger partial charge in [-0.25, -0.2) is 0 Å². The molecule has 0 heterocycles. The maximum atomic E-state index is 5.59. The first-order chi connectivity index (χ1) is 18.9. The van der Waals surface area contributed by atoms with Crippen molar-refractivity contribution in [2.24, 2.45) is 0 Å². The van der Waals surface area contributed by atoms with Gasteiger partial charge in [0, 0.05) is 19.6 Å². The predicted octanol–water partition coefficient (Wildman–Crippen LogP) is 5.00. The Hall–Kier alpha value is -3.98. The van der Waals surface area contributed by atoms with Gasteiger partial charge in [0.1, 0.15) is 0 Å². The number of ether oxygens (including phenoxy) is 8. The van der Waals surface area contributed by atoms with E-state index in [9.17, 15) is 0 Å². The van der Waals surface area contributed by atoms with Crippen LogP contribution in [0.3, 0.4) is 0 Å². The summed E-state index contributed by atoms with van der Waals surface area (Å²) in [7, 11) is 12.9. The van der Waals surface area contributed by atoms with Gasteiger partial charge in [0.15, 0.2) is 34.5 Å². The standard InChI is InChI=1S/C30H39NO8/c1-32-23-10-9-20(13-24(23)33-2)11-12-31(18-21-14-25(34-3)29(38-7)26(15-21)35-4)19-22-16-27(36-5)30(39-8)28(17-22)37-6/h9-10,13-17H,11-12,18-19H2,1-8H3. The van der Waals surface area contributed by atoms with Gasteiger partial charge in [-0.3, -0.25) is 4.90 Å². The van der Waals surface area contributed by atoms with Crippen molar-refractivity contribution in [2.75, 3.05) is 63.4 Å². The lowest BCUT2D eigenvalue weighted by Gasteiger charge is -2.25. The Balaban J connectivity index is 1.96. The zero-order valence-electron chi connectivity index (χ0n) is 24.1. The molecule has 212 valence electrons. The maximum Gasteiger partial charge on any atom is 0.203 e. The summed E-state index contributed by atoms with van der Waals surface area (Å²) in [5.41, 5.74) is 3.17. The second-order valence-electron chi connectivity index (χ2n) is 8.72. The van der Waals surface area contributed by atoms with Gasteiger partial charge in [0.2, 0.25) is 11.5 Å². The van der Waals surface area contributed by atoms with Crippen molar-refractivity contribution in [3.63, 3.8) is 0 Å². The lowest BCUT2D eigenvalue weighted by molar-refractivity contribution is 0.256. The van der Waals surface area contributed by atoms with E-state index in [0.29, 0.717) is 59.1 Å². The van der Waals surface area contributed by atoms with Crippen molar-refractivity contribution >= 4 is 0 Å². The average Bonchev–Trinajstić information content (AvgIpc) is 2.98. The van der Waals surface area contributed by atoms with Crippen LogP contribution < -0.4 is 37.9 Å². The van der Waals surface area contributed by atoms with Crippen LogP contribution in [-0.4, -0.2) is 68.3 Å². The molecule has 9 nitrogen and oxygen atoms in total. The molecular formula is C30H39NO8. The molecule has 0 fully saturated rings. The van der Waals surface area contributed by atoms with E-state index in [4.69, 9.17) is 37.9 Å². The van der Waals surface area contributed by atoms with E-state index in [1.807, 2.05) is 36.4 Å². The Bertz CT molecular complexity index is 1110. The molecule has 0 amide bonds. The molecule has 0 unspecified atom stereocenters. The molecule has 0 aliphatic carbocycles. The van der Waals surface area contributed by atoms with E-state index in [0.717, 1.165) is 29.7 Å². The topological polar surface area (TPSA) is 77.1 Å². The summed E-state index contributed by atoms with van der Waals surface area (Å²) >= 11 is 0. The third-order valence-corrected chi connectivity index (χ3v) is 6.43. The van der Waals surface area contributed by atoms with Gasteiger partial charge in [-0.15, -0.1) is 0 Å². The molecular weight excluding hydrogens is 502 g/mol. The number of hydrogen-bond acceptors (Lipinski definition) is 9. The summed E-state index contributed by atoms with van der Waals surface area (Å²) in [6, 6.07) is 13.9. The molecule has 3 aromatic carbocycles. The van der Waals surface area contributed by atoms with Gasteiger partial charge in [0.05, 0.1) is 56.9 Å². The highest BCUT2D eigenvalue weighted by atomic mass is 16.5. The van der Waals surface area contributed by atoms with Gasteiger partial charge < -0.3 is 37.9 Å². The van der Waals surface area contributed by atoms with E-state index in [-0.39, 0.29) is 0 Å². The smallest absolute Gasteiger partial charge is 0.203 e. The molecule has 0 atom stereocenters. The molecule has 0 N–H and O–H groups in total. The van der Waals surface area contributed by atoms with Gasteiger partial charge in [0.25, 0.3) is 0 Å². The van der Waals surface area contributed by atoms with Crippen LogP contribution in [0.5, 0.6) is 46.0 Å². The highest BCUT2D eigenvalue weighted by Gasteiger charge is 2.18. The lowest BCUT2D eigenvalue weighted by atomic mass is 10.1. The number of nitrogens with zero attached hydrogens (tertiary/aromatic N) is 1. The van der Waals surface area contributed by atoms with Crippen LogP contribution in [0.15, 0.2) is 42.5 Å². The van der Waals surface area contributed by atoms with Crippen LogP contribution in [0.25, 0.3) is 0 Å². The summed E-state index contributed by atoms with van der Waals surface area (Å²) in [6.07, 6.45) is 0.787. The van der Waals surface area contributed by atoms with Crippen LogP contribution in [0, 0.1) is 0 Å². The summed E-state index contributed by atoms with van der Waals surface area (Å²) in [5.74, 6) is 4.97. The van der Waals surface area contributed by atoms with Crippen molar-refractivity contribution < 1.29 is 37.9 Å². The van der Waals surface area contributed by atoms with Crippen molar-refractivity contribution in [2.45, 2.75) is 19.5 Å². The zero-order chi connectivity index (χ0) is 28.4. The predicted molar refractivity (Wildman–Crippen MR) is 150 cm³/mol. The second kappa shape index (κ2) is 14.2. The third kappa shape index (κ3) is 7.11. The minimum Gasteiger partial charge on any atom is -0.493 e. The first kappa shape index (κ1) is 29.6. The highest BCUT2D eigenvalue weighted by molar-refractivity contribution is 5.55. The van der Waals surface area contributed by atoms with E-state index in [1.165, 1.54) is 0 Å². The van der Waals surface area contributed by atoms with E-state index in [1.54, 1.807) is 56.9 Å². The Morgan fingerprint density at radius 1 is 0.436 bits per heavy atom. The summed E-state index contributed by atoms with van der Waals surface area (Å²) in [6.45, 7) is 2.00. The van der Waals surface area contributed by atoms with Crippen molar-refractivity contribution in [1.29, 1.82) is 0 Å². The van der Waals surface area contributed by atoms with Crippen LogP contribution in [0.1, 0.15) is 16.7 Å². The molecule has 0 radical (unpaired) electrons. The van der Waals surface area contributed by atoms with Crippen LogP contribution in [0.2, 0.25) is 0 Å².